The molecular formula is C41H62F2O7. The molecule has 1 heterocycles. The van der Waals surface area contributed by atoms with Crippen LogP contribution < -0.4 is 0 Å². The van der Waals surface area contributed by atoms with Crippen molar-refractivity contribution in [2.75, 3.05) is 6.61 Å². The number of Topliss-reactive ketones (excluding diaryl/α,β-unsaturated/α-hetero) is 1. The number of carbonyl (C=O) groups excluding carboxylic acids is 3. The third kappa shape index (κ3) is 7.18. The van der Waals surface area contributed by atoms with Gasteiger partial charge in [0.1, 0.15) is 11.8 Å². The van der Waals surface area contributed by atoms with E-state index in [4.69, 9.17) is 14.2 Å². The van der Waals surface area contributed by atoms with E-state index in [9.17, 15) is 19.5 Å². The Morgan fingerprint density at radius 2 is 1.52 bits per heavy atom. The summed E-state index contributed by atoms with van der Waals surface area (Å²) < 4.78 is 52.3. The quantitative estimate of drug-likeness (QED) is 0.134. The summed E-state index contributed by atoms with van der Waals surface area (Å²) in [5, 5.41) is 11.8. The average Bonchev–Trinajstić information content (AvgIpc) is 3.38. The first-order chi connectivity index (χ1) is 23.9. The highest BCUT2D eigenvalue weighted by atomic mass is 19.1. The van der Waals surface area contributed by atoms with Gasteiger partial charge in [-0.15, -0.1) is 0 Å². The van der Waals surface area contributed by atoms with Crippen molar-refractivity contribution in [1.29, 1.82) is 0 Å². The molecule has 10 atom stereocenters. The number of fused-ring (bicyclic) bond motifs is 6. The fraction of sp³-hybridized carbons (Fsp3) is 0.829. The van der Waals surface area contributed by atoms with Crippen LogP contribution in [0.4, 0.5) is 8.78 Å². The van der Waals surface area contributed by atoms with Crippen molar-refractivity contribution < 1.29 is 42.5 Å². The first-order valence-electron chi connectivity index (χ1n) is 19.9. The zero-order chi connectivity index (χ0) is 36.2. The number of aliphatic hydroxyl groups is 1. The SMILES string of the molecule is CCCCCCCCCCCCCCC1OC(CCC)O[C@@]2(CC[C@H]3[C@@H]4C[C@H](F)C5=CC(=O)C=C[C@]5(C)[C@@]4(F)[C@@H](O)C[C@@]32C)C(=O)COC1=O. The van der Waals surface area contributed by atoms with Crippen molar-refractivity contribution in [3.05, 3.63) is 23.8 Å². The number of hydrogen-bond acceptors (Lipinski definition) is 7. The Morgan fingerprint density at radius 1 is 0.880 bits per heavy atom. The van der Waals surface area contributed by atoms with Crippen LogP contribution in [0.5, 0.6) is 0 Å². The van der Waals surface area contributed by atoms with E-state index in [1.54, 1.807) is 6.92 Å². The summed E-state index contributed by atoms with van der Waals surface area (Å²) in [6.07, 6.45) is 15.3. The van der Waals surface area contributed by atoms with Gasteiger partial charge in [0.05, 0.1) is 6.10 Å². The van der Waals surface area contributed by atoms with Crippen molar-refractivity contribution in [1.82, 2.24) is 0 Å². The second kappa shape index (κ2) is 16.4. The second-order valence-corrected chi connectivity index (χ2v) is 16.4. The number of esters is 1. The van der Waals surface area contributed by atoms with E-state index in [-0.39, 0.29) is 24.8 Å². The molecule has 5 aliphatic rings. The van der Waals surface area contributed by atoms with Gasteiger partial charge in [-0.1, -0.05) is 110 Å². The second-order valence-electron chi connectivity index (χ2n) is 16.4. The molecule has 9 heteroatoms. The van der Waals surface area contributed by atoms with E-state index >= 15 is 8.78 Å². The molecule has 0 aromatic heterocycles. The summed E-state index contributed by atoms with van der Waals surface area (Å²) in [6.45, 7) is 7.13. The number of aliphatic hydroxyl groups excluding tert-OH is 1. The predicted molar refractivity (Wildman–Crippen MR) is 188 cm³/mol. The number of cyclic esters (lactones) is 1. The lowest BCUT2D eigenvalue weighted by Gasteiger charge is -2.63. The lowest BCUT2D eigenvalue weighted by molar-refractivity contribution is -0.271. The van der Waals surface area contributed by atoms with Gasteiger partial charge in [-0.05, 0) is 69.1 Å². The number of ketones is 2. The van der Waals surface area contributed by atoms with Gasteiger partial charge in [0.2, 0.25) is 5.78 Å². The van der Waals surface area contributed by atoms with Crippen molar-refractivity contribution in [3.8, 4) is 0 Å². The molecule has 7 nitrogen and oxygen atoms in total. The van der Waals surface area contributed by atoms with Crippen LogP contribution in [0.3, 0.4) is 0 Å². The average molecular weight is 705 g/mol. The number of carbonyl (C=O) groups is 3. The number of allylic oxidation sites excluding steroid dienone is 4. The third-order valence-electron chi connectivity index (χ3n) is 13.3. The summed E-state index contributed by atoms with van der Waals surface area (Å²) in [5.41, 5.74) is -6.27. The molecule has 5 rings (SSSR count). The minimum atomic E-state index is -2.25. The minimum absolute atomic E-state index is 0.0661. The maximum atomic E-state index is 17.7. The molecular weight excluding hydrogens is 642 g/mol. The van der Waals surface area contributed by atoms with Crippen molar-refractivity contribution >= 4 is 17.5 Å². The normalized spacial score (nSPS) is 40.0. The fourth-order valence-electron chi connectivity index (χ4n) is 10.5. The van der Waals surface area contributed by atoms with Crippen molar-refractivity contribution in [2.24, 2.45) is 22.7 Å². The Labute approximate surface area is 298 Å². The fourth-order valence-corrected chi connectivity index (χ4v) is 10.5. The monoisotopic (exact) mass is 704 g/mol. The summed E-state index contributed by atoms with van der Waals surface area (Å²) in [7, 11) is 0. The molecule has 2 unspecified atom stereocenters. The number of ether oxygens (including phenoxy) is 3. The van der Waals surface area contributed by atoms with Gasteiger partial charge < -0.3 is 19.3 Å². The van der Waals surface area contributed by atoms with Crippen LogP contribution in [0.25, 0.3) is 0 Å². The molecule has 1 N–H and O–H groups in total. The molecule has 4 aliphatic carbocycles. The van der Waals surface area contributed by atoms with E-state index in [1.807, 2.05) is 13.8 Å². The zero-order valence-corrected chi connectivity index (χ0v) is 31.0. The molecule has 0 radical (unpaired) electrons. The first kappa shape index (κ1) is 39.2. The van der Waals surface area contributed by atoms with Gasteiger partial charge in [0.15, 0.2) is 30.5 Å². The van der Waals surface area contributed by atoms with Gasteiger partial charge in [-0.3, -0.25) is 9.59 Å². The molecule has 1 spiro atoms. The molecule has 0 aromatic rings. The van der Waals surface area contributed by atoms with Crippen molar-refractivity contribution in [3.63, 3.8) is 0 Å². The number of halogens is 2. The van der Waals surface area contributed by atoms with Crippen LogP contribution in [0.2, 0.25) is 0 Å². The molecule has 4 fully saturated rings. The summed E-state index contributed by atoms with van der Waals surface area (Å²) in [4.78, 5) is 39.7. The smallest absolute Gasteiger partial charge is 0.335 e. The Balaban J connectivity index is 1.26. The van der Waals surface area contributed by atoms with Crippen LogP contribution in [0, 0.1) is 22.7 Å². The van der Waals surface area contributed by atoms with Crippen molar-refractivity contribution in [2.45, 2.75) is 186 Å². The van der Waals surface area contributed by atoms with Gasteiger partial charge in [0.25, 0.3) is 0 Å². The molecule has 0 bridgehead atoms. The van der Waals surface area contributed by atoms with E-state index in [0.717, 1.165) is 19.3 Å². The molecule has 0 aromatic carbocycles. The van der Waals surface area contributed by atoms with Crippen LogP contribution in [-0.2, 0) is 28.6 Å². The molecule has 3 saturated carbocycles. The molecule has 1 saturated heterocycles. The lowest BCUT2D eigenvalue weighted by atomic mass is 9.44. The van der Waals surface area contributed by atoms with Crippen LogP contribution in [-0.4, -0.2) is 65.2 Å². The van der Waals surface area contributed by atoms with Crippen LogP contribution >= 0.6 is 0 Å². The number of alkyl halides is 2. The highest BCUT2D eigenvalue weighted by Crippen LogP contribution is 2.70. The van der Waals surface area contributed by atoms with Gasteiger partial charge >= 0.3 is 5.97 Å². The summed E-state index contributed by atoms with van der Waals surface area (Å²) in [6, 6.07) is 0. The molecule has 0 amide bonds. The molecule has 282 valence electrons. The van der Waals surface area contributed by atoms with Gasteiger partial charge in [0, 0.05) is 16.7 Å². The highest BCUT2D eigenvalue weighted by Gasteiger charge is 2.76. The topological polar surface area (TPSA) is 99.1 Å². The maximum absolute atomic E-state index is 17.7. The van der Waals surface area contributed by atoms with E-state index in [1.165, 1.54) is 76.0 Å². The molecule has 50 heavy (non-hydrogen) atoms. The molecule has 1 aliphatic heterocycles. The van der Waals surface area contributed by atoms with E-state index in [2.05, 4.69) is 6.92 Å². The van der Waals surface area contributed by atoms with E-state index < -0.39 is 82.7 Å². The first-order valence-corrected chi connectivity index (χ1v) is 19.9. The van der Waals surface area contributed by atoms with Crippen LogP contribution in [0.1, 0.15) is 150 Å². The Morgan fingerprint density at radius 3 is 2.16 bits per heavy atom. The third-order valence-corrected chi connectivity index (χ3v) is 13.3. The Kier molecular flexibility index (Phi) is 12.8. The number of rotatable bonds is 15. The van der Waals surface area contributed by atoms with Gasteiger partial charge in [-0.2, -0.15) is 0 Å². The standard InChI is InChI=1S/C41H62F2O7/c1-5-7-8-9-10-11-12-13-14-15-16-17-19-33-37(47)48-27-35(46)40(50-36(49-33)18-6-2)23-21-29-30-25-32(42)31-24-28(44)20-22-38(31,3)41(30,43)34(45)26-39(29,40)4/h20,22,24,29-30,32-34,36,45H,5-19,21,23,25-27H2,1-4H3/t29-,30-,32-,33?,34-,36?,38-,39-,40-,41-/m0/s1. The number of unbranched alkanes of at least 4 members (excludes halogenated alkanes) is 11. The van der Waals surface area contributed by atoms with Gasteiger partial charge in [-0.25, -0.2) is 13.6 Å². The zero-order valence-electron chi connectivity index (χ0n) is 31.0. The highest BCUT2D eigenvalue weighted by molar-refractivity contribution is 6.01. The van der Waals surface area contributed by atoms with E-state index in [0.29, 0.717) is 25.7 Å². The predicted octanol–water partition coefficient (Wildman–Crippen LogP) is 8.79. The maximum Gasteiger partial charge on any atom is 0.335 e. The Hall–Kier alpha value is -1.97. The largest absolute Gasteiger partial charge is 0.456 e. The summed E-state index contributed by atoms with van der Waals surface area (Å²) >= 11 is 0. The summed E-state index contributed by atoms with van der Waals surface area (Å²) in [5.74, 6) is -2.82. The van der Waals surface area contributed by atoms with Crippen LogP contribution in [0.15, 0.2) is 23.8 Å². The number of hydrogen-bond donors (Lipinski definition) is 1. The lowest BCUT2D eigenvalue weighted by Crippen LogP contribution is -2.70. The minimum Gasteiger partial charge on any atom is -0.456 e. The Bertz CT molecular complexity index is 1280.